The molecule has 3 N–H and O–H groups in total. The number of nitrogens with zero attached hydrogens (tertiary/aromatic N) is 1. The average molecular weight is 195 g/mol. The van der Waals surface area contributed by atoms with E-state index >= 15 is 0 Å². The molecule has 5 nitrogen and oxygen atoms in total. The highest BCUT2D eigenvalue weighted by atomic mass is 32.2. The number of carbonyl (C=O) groups is 1. The first-order valence-electron chi connectivity index (χ1n) is 2.60. The molecular weight excluding hydrogens is 190 g/mol. The summed E-state index contributed by atoms with van der Waals surface area (Å²) in [5.41, 5.74) is 0. The highest BCUT2D eigenvalue weighted by molar-refractivity contribution is 8.23. The SMILES string of the molecule is O=C1CSC(=S)N1C(O)(O)O. The molecule has 0 radical (unpaired) electrons. The molecule has 1 amide bonds. The van der Waals surface area contributed by atoms with Gasteiger partial charge in [-0.15, -0.1) is 0 Å². The zero-order valence-electron chi connectivity index (χ0n) is 5.22. The van der Waals surface area contributed by atoms with E-state index in [1.807, 2.05) is 0 Å². The molecule has 0 aliphatic carbocycles. The second-order valence-corrected chi connectivity index (χ2v) is 3.49. The van der Waals surface area contributed by atoms with Crippen LogP contribution in [0, 0.1) is 0 Å². The van der Waals surface area contributed by atoms with E-state index in [-0.39, 0.29) is 10.1 Å². The van der Waals surface area contributed by atoms with Crippen LogP contribution in [0.4, 0.5) is 0 Å². The Bertz CT molecular complexity index is 195. The van der Waals surface area contributed by atoms with E-state index in [0.717, 1.165) is 11.8 Å². The molecule has 0 aromatic rings. The van der Waals surface area contributed by atoms with E-state index in [4.69, 9.17) is 15.3 Å². The number of thioether (sulfide) groups is 1. The second kappa shape index (κ2) is 2.68. The van der Waals surface area contributed by atoms with Crippen LogP contribution in [-0.2, 0) is 4.79 Å². The van der Waals surface area contributed by atoms with Crippen molar-refractivity contribution in [1.29, 1.82) is 0 Å². The summed E-state index contributed by atoms with van der Waals surface area (Å²) in [5.74, 6) is -0.588. The van der Waals surface area contributed by atoms with Crippen molar-refractivity contribution in [3.63, 3.8) is 0 Å². The zero-order chi connectivity index (χ0) is 8.65. The summed E-state index contributed by atoms with van der Waals surface area (Å²) >= 11 is 5.52. The fraction of sp³-hybridized carbons (Fsp3) is 0.500. The minimum atomic E-state index is -3.16. The van der Waals surface area contributed by atoms with Crippen LogP contribution in [0.2, 0.25) is 0 Å². The highest BCUT2D eigenvalue weighted by Gasteiger charge is 2.41. The van der Waals surface area contributed by atoms with Gasteiger partial charge < -0.3 is 15.3 Å². The van der Waals surface area contributed by atoms with Crippen molar-refractivity contribution in [2.75, 3.05) is 5.75 Å². The minimum absolute atomic E-state index is 0.0300. The molecule has 0 unspecified atom stereocenters. The lowest BCUT2D eigenvalue weighted by Crippen LogP contribution is -2.51. The summed E-state index contributed by atoms with van der Waals surface area (Å²) in [7, 11) is 0. The number of rotatable bonds is 1. The Morgan fingerprint density at radius 1 is 1.55 bits per heavy atom. The number of thiocarbonyl (C=S) groups is 1. The van der Waals surface area contributed by atoms with Gasteiger partial charge in [-0.25, -0.2) is 4.90 Å². The predicted molar refractivity (Wildman–Crippen MR) is 41.3 cm³/mol. The van der Waals surface area contributed by atoms with Gasteiger partial charge in [0.25, 0.3) is 0 Å². The number of hydrogen-bond donors (Lipinski definition) is 3. The van der Waals surface area contributed by atoms with E-state index in [2.05, 4.69) is 12.2 Å². The lowest BCUT2D eigenvalue weighted by atomic mass is 10.6. The summed E-state index contributed by atoms with van der Waals surface area (Å²) in [4.78, 5) is 11.1. The van der Waals surface area contributed by atoms with E-state index in [9.17, 15) is 4.79 Å². The Balaban J connectivity index is 2.85. The molecule has 0 spiro atoms. The first kappa shape index (κ1) is 8.88. The van der Waals surface area contributed by atoms with Crippen molar-refractivity contribution < 1.29 is 20.1 Å². The largest absolute Gasteiger partial charge is 0.377 e. The van der Waals surface area contributed by atoms with Crippen molar-refractivity contribution >= 4 is 34.2 Å². The van der Waals surface area contributed by atoms with E-state index < -0.39 is 12.0 Å². The molecule has 0 bridgehead atoms. The molecule has 1 heterocycles. The molecule has 1 rings (SSSR count). The maximum atomic E-state index is 10.8. The van der Waals surface area contributed by atoms with Crippen LogP contribution < -0.4 is 0 Å². The molecular formula is C4H5NO4S2. The molecule has 0 aromatic heterocycles. The number of aliphatic hydroxyl groups is 3. The van der Waals surface area contributed by atoms with Gasteiger partial charge in [0.2, 0.25) is 5.91 Å². The van der Waals surface area contributed by atoms with E-state index in [1.54, 1.807) is 0 Å². The molecule has 0 atom stereocenters. The maximum Gasteiger partial charge on any atom is 0.377 e. The first-order chi connectivity index (χ1) is 4.93. The molecule has 0 saturated carbocycles. The van der Waals surface area contributed by atoms with Crippen LogP contribution in [0.15, 0.2) is 0 Å². The van der Waals surface area contributed by atoms with Crippen molar-refractivity contribution in [3.8, 4) is 0 Å². The van der Waals surface area contributed by atoms with Gasteiger partial charge in [0.1, 0.15) is 4.32 Å². The second-order valence-electron chi connectivity index (χ2n) is 1.88. The summed E-state index contributed by atoms with van der Waals surface area (Å²) in [5, 5.41) is 25.7. The molecule has 1 aliphatic heterocycles. The van der Waals surface area contributed by atoms with Gasteiger partial charge in [-0.05, 0) is 0 Å². The third-order valence-corrected chi connectivity index (χ3v) is 2.41. The van der Waals surface area contributed by atoms with Crippen LogP contribution in [0.1, 0.15) is 0 Å². The van der Waals surface area contributed by atoms with Crippen molar-refractivity contribution in [1.82, 2.24) is 4.90 Å². The fourth-order valence-corrected chi connectivity index (χ4v) is 1.77. The van der Waals surface area contributed by atoms with E-state index in [0.29, 0.717) is 4.90 Å². The van der Waals surface area contributed by atoms with Crippen LogP contribution in [-0.4, -0.2) is 42.3 Å². The monoisotopic (exact) mass is 195 g/mol. The number of carbonyl (C=O) groups excluding carboxylic acids is 1. The van der Waals surface area contributed by atoms with Gasteiger partial charge in [-0.2, -0.15) is 0 Å². The minimum Gasteiger partial charge on any atom is -0.325 e. The normalized spacial score (nSPS) is 19.7. The summed E-state index contributed by atoms with van der Waals surface area (Å²) in [6.45, 7) is 0. The molecule has 1 saturated heterocycles. The molecule has 62 valence electrons. The van der Waals surface area contributed by atoms with Gasteiger partial charge in [-0.1, -0.05) is 24.0 Å². The zero-order valence-corrected chi connectivity index (χ0v) is 6.85. The van der Waals surface area contributed by atoms with Crippen molar-refractivity contribution in [3.05, 3.63) is 0 Å². The standard InChI is InChI=1S/C4H5NO4S2/c6-2-1-11-3(10)5(2)4(7,8)9/h7-9H,1H2. The Morgan fingerprint density at radius 2 is 2.09 bits per heavy atom. The third kappa shape index (κ3) is 1.68. The summed E-state index contributed by atoms with van der Waals surface area (Å²) in [6, 6.07) is 0. The molecule has 11 heavy (non-hydrogen) atoms. The number of hydrogen-bond acceptors (Lipinski definition) is 6. The Kier molecular flexibility index (Phi) is 2.17. The lowest BCUT2D eigenvalue weighted by molar-refractivity contribution is -0.363. The first-order valence-corrected chi connectivity index (χ1v) is 3.99. The Labute approximate surface area is 71.6 Å². The van der Waals surface area contributed by atoms with Crippen LogP contribution in [0.3, 0.4) is 0 Å². The molecule has 1 fully saturated rings. The average Bonchev–Trinajstić information content (AvgIpc) is 2.08. The fourth-order valence-electron chi connectivity index (χ4n) is 0.644. The van der Waals surface area contributed by atoms with Crippen molar-refractivity contribution in [2.45, 2.75) is 6.10 Å². The Hall–Kier alpha value is -0.210. The Morgan fingerprint density at radius 3 is 2.27 bits per heavy atom. The maximum absolute atomic E-state index is 10.8. The van der Waals surface area contributed by atoms with Gasteiger partial charge in [0.05, 0.1) is 5.75 Å². The lowest BCUT2D eigenvalue weighted by Gasteiger charge is -2.24. The molecule has 0 aromatic carbocycles. The quantitative estimate of drug-likeness (QED) is 0.346. The summed E-state index contributed by atoms with van der Waals surface area (Å²) < 4.78 is -0.0394. The van der Waals surface area contributed by atoms with Crippen molar-refractivity contribution in [2.24, 2.45) is 0 Å². The molecule has 7 heteroatoms. The highest BCUT2D eigenvalue weighted by Crippen LogP contribution is 2.23. The van der Waals surface area contributed by atoms with Gasteiger partial charge >= 0.3 is 6.10 Å². The van der Waals surface area contributed by atoms with Gasteiger partial charge in [-0.3, -0.25) is 4.79 Å². The third-order valence-electron chi connectivity index (χ3n) is 1.05. The van der Waals surface area contributed by atoms with Crippen LogP contribution in [0.5, 0.6) is 0 Å². The van der Waals surface area contributed by atoms with Crippen LogP contribution in [0.25, 0.3) is 0 Å². The smallest absolute Gasteiger partial charge is 0.325 e. The van der Waals surface area contributed by atoms with Gasteiger partial charge in [0.15, 0.2) is 0 Å². The van der Waals surface area contributed by atoms with Crippen LogP contribution >= 0.6 is 24.0 Å². The summed E-state index contributed by atoms with van der Waals surface area (Å²) in [6.07, 6.45) is -3.16. The topological polar surface area (TPSA) is 81.0 Å². The molecule has 1 aliphatic rings. The number of amides is 1. The van der Waals surface area contributed by atoms with E-state index in [1.165, 1.54) is 0 Å². The van der Waals surface area contributed by atoms with Gasteiger partial charge in [0, 0.05) is 0 Å². The predicted octanol–water partition coefficient (Wildman–Crippen LogP) is -1.57.